The number of nitrogens with one attached hydrogen (secondary N) is 2. The topological polar surface area (TPSA) is 88.4 Å². The van der Waals surface area contributed by atoms with Gasteiger partial charge in [0.25, 0.3) is 0 Å². The molecule has 0 aromatic carbocycles. The molecule has 2 N–H and O–H groups in total. The van der Waals surface area contributed by atoms with E-state index in [1.807, 2.05) is 6.20 Å². The first kappa shape index (κ1) is 17.3. The molecule has 3 aromatic rings. The summed E-state index contributed by atoms with van der Waals surface area (Å²) in [6.45, 7) is 7.07. The van der Waals surface area contributed by atoms with Crippen LogP contribution in [0.3, 0.4) is 0 Å². The summed E-state index contributed by atoms with van der Waals surface area (Å²) in [5.74, 6) is 0. The third-order valence-electron chi connectivity index (χ3n) is 3.26. The van der Waals surface area contributed by atoms with Crippen molar-refractivity contribution in [3.63, 3.8) is 0 Å². The average molecular weight is 386 g/mol. The van der Waals surface area contributed by atoms with Crippen LogP contribution in [0.25, 0.3) is 4.96 Å². The monoisotopic (exact) mass is 385 g/mol. The quantitative estimate of drug-likeness (QED) is 0.637. The Morgan fingerprint density at radius 3 is 2.71 bits per heavy atom. The largest absolute Gasteiger partial charge is 0.359 e. The molecule has 3 heterocycles. The lowest BCUT2D eigenvalue weighted by Gasteiger charge is -2.13. The predicted octanol–water partition coefficient (Wildman–Crippen LogP) is 2.54. The molecule has 0 aliphatic carbocycles. The molecule has 0 fully saturated rings. The van der Waals surface area contributed by atoms with Crippen LogP contribution in [0.5, 0.6) is 0 Å². The smallest absolute Gasteiger partial charge is 0.250 e. The van der Waals surface area contributed by atoms with Crippen LogP contribution < -0.4 is 10.0 Å². The van der Waals surface area contributed by atoms with E-state index in [0.717, 1.165) is 10.7 Å². The molecule has 7 nitrogen and oxygen atoms in total. The molecular weight excluding hydrogens is 366 g/mol. The van der Waals surface area contributed by atoms with E-state index in [1.54, 1.807) is 22.0 Å². The fourth-order valence-electron chi connectivity index (χ4n) is 1.98. The number of thiophene rings is 1. The van der Waals surface area contributed by atoms with Crippen molar-refractivity contribution in [1.82, 2.24) is 19.3 Å². The second kappa shape index (κ2) is 6.43. The predicted molar refractivity (Wildman–Crippen MR) is 97.6 cm³/mol. The number of hydrogen-bond acceptors (Lipinski definition) is 7. The van der Waals surface area contributed by atoms with Crippen LogP contribution in [0.4, 0.5) is 5.13 Å². The maximum atomic E-state index is 12.0. The number of rotatable bonds is 6. The Labute approximate surface area is 148 Å². The maximum absolute atomic E-state index is 12.0. The average Bonchev–Trinajstić information content (AvgIpc) is 3.17. The third kappa shape index (κ3) is 3.77. The van der Waals surface area contributed by atoms with Crippen molar-refractivity contribution >= 4 is 42.8 Å². The summed E-state index contributed by atoms with van der Waals surface area (Å²) in [4.78, 5) is 5.40. The molecule has 0 atom stereocenters. The molecule has 130 valence electrons. The minimum Gasteiger partial charge on any atom is -0.359 e. The van der Waals surface area contributed by atoms with Gasteiger partial charge in [0.2, 0.25) is 20.1 Å². The zero-order valence-corrected chi connectivity index (χ0v) is 16.1. The zero-order chi connectivity index (χ0) is 17.4. The second-order valence-corrected chi connectivity index (χ2v) is 10.2. The highest BCUT2D eigenvalue weighted by Crippen LogP contribution is 2.25. The lowest BCUT2D eigenvalue weighted by Crippen LogP contribution is -2.28. The van der Waals surface area contributed by atoms with Crippen LogP contribution in [0.2, 0.25) is 0 Å². The number of nitrogens with zero attached hydrogens (tertiary/aromatic N) is 3. The third-order valence-corrected chi connectivity index (χ3v) is 7.00. The Bertz CT molecular complexity index is 888. The summed E-state index contributed by atoms with van der Waals surface area (Å²) in [5.41, 5.74) is 0.984. The van der Waals surface area contributed by atoms with Gasteiger partial charge in [0.15, 0.2) is 0 Å². The number of hydrogen-bond donors (Lipinski definition) is 2. The minimum atomic E-state index is -3.41. The molecule has 0 bridgehead atoms. The molecule has 0 unspecified atom stereocenters. The first-order valence-electron chi connectivity index (χ1n) is 7.39. The van der Waals surface area contributed by atoms with Crippen LogP contribution in [-0.4, -0.2) is 36.1 Å². The zero-order valence-electron chi connectivity index (χ0n) is 13.6. The Balaban J connectivity index is 1.56. The SMILES string of the molecule is CC(C)(C)c1cn2nc(NCCNS(=O)(=O)c3cccs3)sc2n1. The molecule has 0 radical (unpaired) electrons. The molecule has 0 aliphatic rings. The maximum Gasteiger partial charge on any atom is 0.250 e. The van der Waals surface area contributed by atoms with Crippen molar-refractivity contribution in [2.45, 2.75) is 30.4 Å². The minimum absolute atomic E-state index is 0.0128. The van der Waals surface area contributed by atoms with E-state index in [9.17, 15) is 8.42 Å². The molecule has 10 heteroatoms. The van der Waals surface area contributed by atoms with Gasteiger partial charge in [0.1, 0.15) is 4.21 Å². The lowest BCUT2D eigenvalue weighted by atomic mass is 9.93. The van der Waals surface area contributed by atoms with Crippen LogP contribution >= 0.6 is 22.7 Å². The normalized spacial score (nSPS) is 12.8. The van der Waals surface area contributed by atoms with Crippen molar-refractivity contribution < 1.29 is 8.42 Å². The van der Waals surface area contributed by atoms with Gasteiger partial charge in [-0.2, -0.15) is 0 Å². The second-order valence-electron chi connectivity index (χ2n) is 6.27. The summed E-state index contributed by atoms with van der Waals surface area (Å²) in [6, 6.07) is 3.30. The van der Waals surface area contributed by atoms with Crippen LogP contribution in [-0.2, 0) is 15.4 Å². The first-order valence-corrected chi connectivity index (χ1v) is 10.6. The summed E-state index contributed by atoms with van der Waals surface area (Å²) in [5, 5.41) is 9.99. The number of imidazole rings is 1. The van der Waals surface area contributed by atoms with Gasteiger partial charge >= 0.3 is 0 Å². The first-order chi connectivity index (χ1) is 11.3. The number of anilines is 1. The van der Waals surface area contributed by atoms with Gasteiger partial charge in [0.05, 0.1) is 11.9 Å². The van der Waals surface area contributed by atoms with E-state index < -0.39 is 10.0 Å². The lowest BCUT2D eigenvalue weighted by molar-refractivity contribution is 0.572. The van der Waals surface area contributed by atoms with E-state index >= 15 is 0 Å². The van der Waals surface area contributed by atoms with Gasteiger partial charge in [-0.25, -0.2) is 22.6 Å². The van der Waals surface area contributed by atoms with Crippen molar-refractivity contribution in [3.8, 4) is 0 Å². The Morgan fingerprint density at radius 1 is 1.29 bits per heavy atom. The van der Waals surface area contributed by atoms with E-state index in [1.165, 1.54) is 22.7 Å². The van der Waals surface area contributed by atoms with Gasteiger partial charge in [0, 0.05) is 18.5 Å². The summed E-state index contributed by atoms with van der Waals surface area (Å²) >= 11 is 2.64. The number of fused-ring (bicyclic) bond motifs is 1. The number of aromatic nitrogens is 3. The Kier molecular flexibility index (Phi) is 4.65. The summed E-state index contributed by atoms with van der Waals surface area (Å²) < 4.78 is 28.6. The molecule has 0 aliphatic heterocycles. The van der Waals surface area contributed by atoms with E-state index in [2.05, 4.69) is 40.9 Å². The van der Waals surface area contributed by atoms with Gasteiger partial charge in [-0.1, -0.05) is 38.2 Å². The van der Waals surface area contributed by atoms with Gasteiger partial charge in [-0.05, 0) is 11.4 Å². The summed E-state index contributed by atoms with van der Waals surface area (Å²) in [6.07, 6.45) is 1.93. The fourth-order valence-corrected chi connectivity index (χ4v) is 4.85. The van der Waals surface area contributed by atoms with E-state index in [0.29, 0.717) is 15.9 Å². The van der Waals surface area contributed by atoms with E-state index in [-0.39, 0.29) is 12.0 Å². The standard InChI is InChI=1S/C14H19N5O2S3/c1-14(2,3)10-9-19-13(17-10)23-12(18-19)15-6-7-16-24(20,21)11-5-4-8-22-11/h4-5,8-9,16H,6-7H2,1-3H3,(H,15,18). The highest BCUT2D eigenvalue weighted by Gasteiger charge is 2.19. The van der Waals surface area contributed by atoms with Crippen molar-refractivity contribution in [1.29, 1.82) is 0 Å². The fraction of sp³-hybridized carbons (Fsp3) is 0.429. The van der Waals surface area contributed by atoms with Crippen molar-refractivity contribution in [2.75, 3.05) is 18.4 Å². The van der Waals surface area contributed by atoms with Crippen LogP contribution in [0.1, 0.15) is 26.5 Å². The molecule has 3 aromatic heterocycles. The van der Waals surface area contributed by atoms with Crippen LogP contribution in [0.15, 0.2) is 27.9 Å². The molecular formula is C14H19N5O2S3. The molecule has 0 saturated carbocycles. The van der Waals surface area contributed by atoms with Crippen LogP contribution in [0, 0.1) is 0 Å². The highest BCUT2D eigenvalue weighted by molar-refractivity contribution is 7.91. The molecule has 24 heavy (non-hydrogen) atoms. The van der Waals surface area contributed by atoms with Crippen molar-refractivity contribution in [3.05, 3.63) is 29.4 Å². The molecule has 0 spiro atoms. The molecule has 0 amide bonds. The molecule has 3 rings (SSSR count). The van der Waals surface area contributed by atoms with Gasteiger partial charge in [-0.15, -0.1) is 16.4 Å². The highest BCUT2D eigenvalue weighted by atomic mass is 32.2. The Hall–Kier alpha value is -1.49. The summed E-state index contributed by atoms with van der Waals surface area (Å²) in [7, 11) is -3.41. The Morgan fingerprint density at radius 2 is 2.08 bits per heavy atom. The van der Waals surface area contributed by atoms with Gasteiger partial charge in [-0.3, -0.25) is 0 Å². The van der Waals surface area contributed by atoms with Gasteiger partial charge < -0.3 is 5.32 Å². The molecule has 0 saturated heterocycles. The van der Waals surface area contributed by atoms with Crippen molar-refractivity contribution in [2.24, 2.45) is 0 Å². The number of sulfonamides is 1. The van der Waals surface area contributed by atoms with E-state index in [4.69, 9.17) is 0 Å².